The van der Waals surface area contributed by atoms with Crippen LogP contribution in [0, 0.1) is 19.7 Å². The van der Waals surface area contributed by atoms with Gasteiger partial charge in [-0.2, -0.15) is 4.31 Å². The summed E-state index contributed by atoms with van der Waals surface area (Å²) in [7, 11) is -3.61. The molecule has 2 amide bonds. The molecule has 0 N–H and O–H groups in total. The van der Waals surface area contributed by atoms with E-state index in [1.807, 2.05) is 13.0 Å². The van der Waals surface area contributed by atoms with Crippen molar-refractivity contribution in [1.29, 1.82) is 0 Å². The fourth-order valence-electron chi connectivity index (χ4n) is 4.62. The summed E-state index contributed by atoms with van der Waals surface area (Å²) in [5.74, 6) is -1.48. The second kappa shape index (κ2) is 9.23. The lowest BCUT2D eigenvalue weighted by Crippen LogP contribution is -2.58. The van der Waals surface area contributed by atoms with Crippen molar-refractivity contribution in [2.45, 2.75) is 44.2 Å². The predicted molar refractivity (Wildman–Crippen MR) is 121 cm³/mol. The Labute approximate surface area is 193 Å². The quantitative estimate of drug-likeness (QED) is 0.625. The molecule has 2 aliphatic heterocycles. The maximum atomic E-state index is 13.1. The zero-order valence-corrected chi connectivity index (χ0v) is 19.6. The van der Waals surface area contributed by atoms with E-state index >= 15 is 0 Å². The van der Waals surface area contributed by atoms with Crippen LogP contribution in [0.4, 0.5) is 4.39 Å². The standard InChI is InChI=1S/C24H28FN3O4S/c1-17-3-8-22(18(2)15-17)33(31,32)27-11-9-21(10-12-27)28-14-13-26(23(29)24(28)30)16-19-4-6-20(25)7-5-19/h3-8,15,21H,9-14,16H2,1-2H3. The number of nitrogens with zero attached hydrogens (tertiary/aromatic N) is 3. The van der Waals surface area contributed by atoms with E-state index in [1.165, 1.54) is 21.3 Å². The van der Waals surface area contributed by atoms with Crippen molar-refractivity contribution in [3.8, 4) is 0 Å². The highest BCUT2D eigenvalue weighted by Crippen LogP contribution is 2.27. The van der Waals surface area contributed by atoms with Crippen LogP contribution in [0.1, 0.15) is 29.5 Å². The molecule has 0 saturated carbocycles. The molecule has 0 unspecified atom stereocenters. The van der Waals surface area contributed by atoms with Gasteiger partial charge in [-0.15, -0.1) is 0 Å². The van der Waals surface area contributed by atoms with Crippen LogP contribution in [0.2, 0.25) is 0 Å². The molecule has 2 fully saturated rings. The Hall–Kier alpha value is -2.78. The fraction of sp³-hybridized carbons (Fsp3) is 0.417. The molecule has 2 aliphatic rings. The normalized spacial score (nSPS) is 18.8. The summed E-state index contributed by atoms with van der Waals surface area (Å²) in [6.07, 6.45) is 0.974. The van der Waals surface area contributed by atoms with E-state index in [2.05, 4.69) is 0 Å². The number of hydrogen-bond acceptors (Lipinski definition) is 4. The molecule has 176 valence electrons. The number of aryl methyl sites for hydroxylation is 2. The molecule has 0 aliphatic carbocycles. The Balaban J connectivity index is 1.37. The van der Waals surface area contributed by atoms with Gasteiger partial charge in [0.1, 0.15) is 5.82 Å². The van der Waals surface area contributed by atoms with Gasteiger partial charge in [0.15, 0.2) is 0 Å². The van der Waals surface area contributed by atoms with Crippen LogP contribution < -0.4 is 0 Å². The molecule has 0 aromatic heterocycles. The second-order valence-electron chi connectivity index (χ2n) is 8.76. The third-order valence-corrected chi connectivity index (χ3v) is 8.50. The summed E-state index contributed by atoms with van der Waals surface area (Å²) in [5.41, 5.74) is 2.48. The molecule has 9 heteroatoms. The Morgan fingerprint density at radius 2 is 1.58 bits per heavy atom. The molecule has 7 nitrogen and oxygen atoms in total. The highest BCUT2D eigenvalue weighted by atomic mass is 32.2. The van der Waals surface area contributed by atoms with Gasteiger partial charge < -0.3 is 9.80 Å². The van der Waals surface area contributed by atoms with Gasteiger partial charge >= 0.3 is 11.8 Å². The Morgan fingerprint density at radius 3 is 2.21 bits per heavy atom. The van der Waals surface area contributed by atoms with Crippen LogP contribution in [0.25, 0.3) is 0 Å². The van der Waals surface area contributed by atoms with E-state index in [0.717, 1.165) is 16.7 Å². The van der Waals surface area contributed by atoms with Crippen molar-refractivity contribution in [3.05, 3.63) is 65.0 Å². The first-order chi connectivity index (χ1) is 15.7. The van der Waals surface area contributed by atoms with Crippen molar-refractivity contribution in [2.75, 3.05) is 26.2 Å². The fourth-order valence-corrected chi connectivity index (χ4v) is 6.30. The number of carbonyl (C=O) groups is 2. The van der Waals surface area contributed by atoms with Gasteiger partial charge in [0, 0.05) is 38.8 Å². The first-order valence-corrected chi connectivity index (χ1v) is 12.5. The Kier molecular flexibility index (Phi) is 6.54. The third kappa shape index (κ3) is 4.79. The molecule has 0 spiro atoms. The first kappa shape index (κ1) is 23.4. The minimum atomic E-state index is -3.61. The maximum absolute atomic E-state index is 13.1. The number of carbonyl (C=O) groups excluding carboxylic acids is 2. The van der Waals surface area contributed by atoms with Crippen molar-refractivity contribution >= 4 is 21.8 Å². The van der Waals surface area contributed by atoms with Gasteiger partial charge in [-0.25, -0.2) is 12.8 Å². The number of halogens is 1. The first-order valence-electron chi connectivity index (χ1n) is 11.1. The summed E-state index contributed by atoms with van der Waals surface area (Å²) < 4.78 is 40.8. The van der Waals surface area contributed by atoms with Gasteiger partial charge in [0.05, 0.1) is 4.90 Å². The lowest BCUT2D eigenvalue weighted by atomic mass is 10.0. The molecule has 2 aromatic carbocycles. The molecule has 0 bridgehead atoms. The van der Waals surface area contributed by atoms with Gasteiger partial charge in [-0.3, -0.25) is 9.59 Å². The average molecular weight is 474 g/mol. The zero-order valence-electron chi connectivity index (χ0n) is 18.8. The second-order valence-corrected chi connectivity index (χ2v) is 10.7. The summed E-state index contributed by atoms with van der Waals surface area (Å²) in [6.45, 7) is 5.37. The molecule has 2 heterocycles. The van der Waals surface area contributed by atoms with E-state index in [0.29, 0.717) is 43.9 Å². The number of benzene rings is 2. The summed E-state index contributed by atoms with van der Waals surface area (Å²) in [6, 6.07) is 11.0. The topological polar surface area (TPSA) is 78.0 Å². The lowest BCUT2D eigenvalue weighted by Gasteiger charge is -2.41. The Bertz CT molecular complexity index is 1160. The minimum Gasteiger partial charge on any atom is -0.330 e. The van der Waals surface area contributed by atoms with Crippen molar-refractivity contribution in [2.24, 2.45) is 0 Å². The number of piperazine rings is 1. The minimum absolute atomic E-state index is 0.167. The predicted octanol–water partition coefficient (Wildman–Crippen LogP) is 2.47. The third-order valence-electron chi connectivity index (χ3n) is 6.44. The van der Waals surface area contributed by atoms with E-state index in [-0.39, 0.29) is 18.4 Å². The SMILES string of the molecule is Cc1ccc(S(=O)(=O)N2CCC(N3CCN(Cc4ccc(F)cc4)C(=O)C3=O)CC2)c(C)c1. The van der Waals surface area contributed by atoms with Crippen LogP contribution in [0.5, 0.6) is 0 Å². The summed E-state index contributed by atoms with van der Waals surface area (Å²) >= 11 is 0. The monoisotopic (exact) mass is 473 g/mol. The van der Waals surface area contributed by atoms with Crippen molar-refractivity contribution in [1.82, 2.24) is 14.1 Å². The number of sulfonamides is 1. The largest absolute Gasteiger partial charge is 0.330 e. The number of piperidine rings is 1. The molecule has 4 rings (SSSR count). The van der Waals surface area contributed by atoms with E-state index in [1.54, 1.807) is 36.1 Å². The molecule has 2 saturated heterocycles. The van der Waals surface area contributed by atoms with Crippen LogP contribution >= 0.6 is 0 Å². The molecule has 2 aromatic rings. The van der Waals surface area contributed by atoms with Crippen LogP contribution in [0.3, 0.4) is 0 Å². The van der Waals surface area contributed by atoms with Crippen LogP contribution in [-0.2, 0) is 26.2 Å². The van der Waals surface area contributed by atoms with Crippen LogP contribution in [0.15, 0.2) is 47.4 Å². The zero-order chi connectivity index (χ0) is 23.8. The smallest absolute Gasteiger partial charge is 0.312 e. The van der Waals surface area contributed by atoms with E-state index in [4.69, 9.17) is 0 Å². The van der Waals surface area contributed by atoms with Gasteiger partial charge in [-0.1, -0.05) is 29.8 Å². The number of rotatable bonds is 5. The van der Waals surface area contributed by atoms with Crippen molar-refractivity contribution < 1.29 is 22.4 Å². The number of amides is 2. The van der Waals surface area contributed by atoms with Crippen molar-refractivity contribution in [3.63, 3.8) is 0 Å². The summed E-state index contributed by atoms with van der Waals surface area (Å²) in [4.78, 5) is 28.9. The molecule has 33 heavy (non-hydrogen) atoms. The summed E-state index contributed by atoms with van der Waals surface area (Å²) in [5, 5.41) is 0. The highest BCUT2D eigenvalue weighted by molar-refractivity contribution is 7.89. The molecular weight excluding hydrogens is 445 g/mol. The van der Waals surface area contributed by atoms with Crippen LogP contribution in [-0.4, -0.2) is 66.6 Å². The maximum Gasteiger partial charge on any atom is 0.312 e. The van der Waals surface area contributed by atoms with E-state index < -0.39 is 21.8 Å². The Morgan fingerprint density at radius 1 is 0.909 bits per heavy atom. The van der Waals surface area contributed by atoms with Gasteiger partial charge in [0.25, 0.3) is 0 Å². The molecule has 0 radical (unpaired) electrons. The highest BCUT2D eigenvalue weighted by Gasteiger charge is 2.39. The average Bonchev–Trinajstić information content (AvgIpc) is 2.78. The van der Waals surface area contributed by atoms with Gasteiger partial charge in [0.2, 0.25) is 10.0 Å². The molecule has 0 atom stereocenters. The van der Waals surface area contributed by atoms with E-state index in [9.17, 15) is 22.4 Å². The van der Waals surface area contributed by atoms with Gasteiger partial charge in [-0.05, 0) is 56.0 Å². The molecular formula is C24H28FN3O4S. The lowest BCUT2D eigenvalue weighted by molar-refractivity contribution is -0.158. The number of hydrogen-bond donors (Lipinski definition) is 0.